The first-order valence-electron chi connectivity index (χ1n) is 8.71. The molecule has 25 heavy (non-hydrogen) atoms. The highest BCUT2D eigenvalue weighted by atomic mass is 16.2. The number of nitrogens with one attached hydrogen (secondary N) is 1. The van der Waals surface area contributed by atoms with Crippen molar-refractivity contribution in [1.82, 2.24) is 15.1 Å². The molecule has 3 rings (SSSR count). The summed E-state index contributed by atoms with van der Waals surface area (Å²) in [6.07, 6.45) is 1.36. The monoisotopic (exact) mass is 340 g/mol. The average molecular weight is 340 g/mol. The molecule has 132 valence electrons. The fourth-order valence-corrected chi connectivity index (χ4v) is 3.10. The molecular formula is C19H24N4O2. The molecule has 2 aromatic rings. The Balaban J connectivity index is 1.68. The zero-order valence-corrected chi connectivity index (χ0v) is 15.0. The number of aryl methyl sites for hydroxylation is 3. The zero-order chi connectivity index (χ0) is 18.0. The van der Waals surface area contributed by atoms with Crippen molar-refractivity contribution in [3.8, 4) is 0 Å². The summed E-state index contributed by atoms with van der Waals surface area (Å²) in [7, 11) is 0. The van der Waals surface area contributed by atoms with Gasteiger partial charge in [0.1, 0.15) is 11.9 Å². The molecule has 0 saturated heterocycles. The van der Waals surface area contributed by atoms with E-state index in [4.69, 9.17) is 0 Å². The van der Waals surface area contributed by atoms with Crippen LogP contribution in [0.2, 0.25) is 0 Å². The Labute approximate surface area is 147 Å². The molecule has 1 atom stereocenters. The van der Waals surface area contributed by atoms with Crippen molar-refractivity contribution in [1.29, 1.82) is 0 Å². The van der Waals surface area contributed by atoms with Gasteiger partial charge in [0.2, 0.25) is 11.8 Å². The van der Waals surface area contributed by atoms with Crippen LogP contribution in [0.4, 0.5) is 5.82 Å². The van der Waals surface area contributed by atoms with E-state index in [1.165, 1.54) is 5.56 Å². The van der Waals surface area contributed by atoms with Gasteiger partial charge in [-0.1, -0.05) is 31.2 Å². The molecular weight excluding hydrogens is 316 g/mol. The van der Waals surface area contributed by atoms with Gasteiger partial charge in [-0.25, -0.2) is 4.68 Å². The van der Waals surface area contributed by atoms with Gasteiger partial charge in [-0.15, -0.1) is 0 Å². The summed E-state index contributed by atoms with van der Waals surface area (Å²) in [5, 5.41) is 7.31. The van der Waals surface area contributed by atoms with Crippen LogP contribution in [0.1, 0.15) is 37.1 Å². The fraction of sp³-hybridized carbons (Fsp3) is 0.421. The number of anilines is 1. The van der Waals surface area contributed by atoms with Crippen molar-refractivity contribution < 1.29 is 9.59 Å². The molecule has 0 bridgehead atoms. The lowest BCUT2D eigenvalue weighted by molar-refractivity contribution is -0.126. The van der Waals surface area contributed by atoms with Crippen LogP contribution in [-0.2, 0) is 29.1 Å². The minimum absolute atomic E-state index is 0.0395. The summed E-state index contributed by atoms with van der Waals surface area (Å²) in [6, 6.07) is 9.46. The van der Waals surface area contributed by atoms with E-state index in [0.29, 0.717) is 25.3 Å². The van der Waals surface area contributed by atoms with Crippen LogP contribution < -0.4 is 10.2 Å². The van der Waals surface area contributed by atoms with Gasteiger partial charge in [0.25, 0.3) is 0 Å². The molecule has 1 aromatic carbocycles. The minimum atomic E-state index is -0.572. The Morgan fingerprint density at radius 3 is 2.64 bits per heavy atom. The Hall–Kier alpha value is -2.63. The summed E-state index contributed by atoms with van der Waals surface area (Å²) < 4.78 is 1.80. The molecule has 0 saturated carbocycles. The molecule has 0 fully saturated rings. The summed E-state index contributed by atoms with van der Waals surface area (Å²) >= 11 is 0. The molecule has 0 unspecified atom stereocenters. The van der Waals surface area contributed by atoms with E-state index < -0.39 is 6.04 Å². The van der Waals surface area contributed by atoms with E-state index in [1.54, 1.807) is 16.5 Å². The highest BCUT2D eigenvalue weighted by Crippen LogP contribution is 2.24. The second-order valence-corrected chi connectivity index (χ2v) is 6.44. The lowest BCUT2D eigenvalue weighted by Crippen LogP contribution is -2.50. The standard InChI is InChI=1S/C19H24N4O2/c1-4-15-5-7-16(8-6-15)12-20-19(25)14(3)23-17-11-13(2)21-22(17)10-9-18(23)24/h5-8,11,14H,4,9-10,12H2,1-3H3,(H,20,25)/t14-/m1/s1. The lowest BCUT2D eigenvalue weighted by Gasteiger charge is -2.31. The van der Waals surface area contributed by atoms with Crippen molar-refractivity contribution in [3.63, 3.8) is 0 Å². The Kier molecular flexibility index (Phi) is 4.88. The quantitative estimate of drug-likeness (QED) is 0.907. The number of nitrogens with zero attached hydrogens (tertiary/aromatic N) is 3. The normalized spacial score (nSPS) is 15.0. The highest BCUT2D eigenvalue weighted by Gasteiger charge is 2.32. The lowest BCUT2D eigenvalue weighted by atomic mass is 10.1. The zero-order valence-electron chi connectivity index (χ0n) is 15.0. The third-order valence-electron chi connectivity index (χ3n) is 4.60. The Morgan fingerprint density at radius 1 is 1.28 bits per heavy atom. The molecule has 2 heterocycles. The average Bonchev–Trinajstić information content (AvgIpc) is 2.99. The van der Waals surface area contributed by atoms with Crippen LogP contribution in [0, 0.1) is 6.92 Å². The largest absolute Gasteiger partial charge is 0.350 e. The number of rotatable bonds is 5. The van der Waals surface area contributed by atoms with E-state index in [9.17, 15) is 9.59 Å². The number of aromatic nitrogens is 2. The van der Waals surface area contributed by atoms with Gasteiger partial charge < -0.3 is 5.32 Å². The topological polar surface area (TPSA) is 67.2 Å². The maximum Gasteiger partial charge on any atom is 0.243 e. The molecule has 1 aliphatic heterocycles. The third-order valence-corrected chi connectivity index (χ3v) is 4.60. The van der Waals surface area contributed by atoms with Gasteiger partial charge in [-0.2, -0.15) is 5.10 Å². The van der Waals surface area contributed by atoms with Crippen molar-refractivity contribution in [2.45, 2.75) is 52.7 Å². The van der Waals surface area contributed by atoms with E-state index in [0.717, 1.165) is 17.7 Å². The highest BCUT2D eigenvalue weighted by molar-refractivity contribution is 6.00. The second kappa shape index (κ2) is 7.09. The first-order chi connectivity index (χ1) is 12.0. The molecule has 0 radical (unpaired) electrons. The van der Waals surface area contributed by atoms with Gasteiger partial charge in [0.15, 0.2) is 0 Å². The van der Waals surface area contributed by atoms with Crippen LogP contribution in [0.3, 0.4) is 0 Å². The van der Waals surface area contributed by atoms with E-state index in [2.05, 4.69) is 29.5 Å². The van der Waals surface area contributed by atoms with Crippen molar-refractivity contribution in [3.05, 3.63) is 47.2 Å². The van der Waals surface area contributed by atoms with E-state index in [-0.39, 0.29) is 11.8 Å². The van der Waals surface area contributed by atoms with Crippen LogP contribution in [0.5, 0.6) is 0 Å². The molecule has 6 heteroatoms. The maximum atomic E-state index is 12.6. The number of amides is 2. The number of hydrogen-bond donors (Lipinski definition) is 1. The molecule has 1 aliphatic rings. The third kappa shape index (κ3) is 3.57. The number of benzene rings is 1. The number of carbonyl (C=O) groups is 2. The number of carbonyl (C=O) groups excluding carboxylic acids is 2. The molecule has 2 amide bonds. The Bertz CT molecular complexity index is 779. The van der Waals surface area contributed by atoms with Crippen molar-refractivity contribution in [2.24, 2.45) is 0 Å². The minimum Gasteiger partial charge on any atom is -0.350 e. The smallest absolute Gasteiger partial charge is 0.243 e. The SMILES string of the molecule is CCc1ccc(CNC(=O)[C@@H](C)N2C(=O)CCn3nc(C)cc32)cc1. The van der Waals surface area contributed by atoms with Gasteiger partial charge >= 0.3 is 0 Å². The van der Waals surface area contributed by atoms with Crippen LogP contribution in [0.25, 0.3) is 0 Å². The maximum absolute atomic E-state index is 12.6. The van der Waals surface area contributed by atoms with Crippen LogP contribution in [-0.4, -0.2) is 27.6 Å². The van der Waals surface area contributed by atoms with Gasteiger partial charge in [0, 0.05) is 19.0 Å². The fourth-order valence-electron chi connectivity index (χ4n) is 3.10. The second-order valence-electron chi connectivity index (χ2n) is 6.44. The molecule has 1 aromatic heterocycles. The van der Waals surface area contributed by atoms with E-state index in [1.807, 2.05) is 25.1 Å². The Morgan fingerprint density at radius 2 is 1.96 bits per heavy atom. The van der Waals surface area contributed by atoms with Gasteiger partial charge in [0.05, 0.1) is 12.2 Å². The molecule has 0 spiro atoms. The summed E-state index contributed by atoms with van der Waals surface area (Å²) in [6.45, 7) is 6.77. The molecule has 6 nitrogen and oxygen atoms in total. The predicted octanol–water partition coefficient (Wildman–Crippen LogP) is 2.20. The van der Waals surface area contributed by atoms with Crippen molar-refractivity contribution >= 4 is 17.6 Å². The summed E-state index contributed by atoms with van der Waals surface area (Å²) in [5.41, 5.74) is 3.16. The van der Waals surface area contributed by atoms with Gasteiger partial charge in [-0.3, -0.25) is 14.5 Å². The molecule has 0 aliphatic carbocycles. The first-order valence-corrected chi connectivity index (χ1v) is 8.71. The van der Waals surface area contributed by atoms with Crippen molar-refractivity contribution in [2.75, 3.05) is 4.90 Å². The van der Waals surface area contributed by atoms with Crippen LogP contribution >= 0.6 is 0 Å². The number of fused-ring (bicyclic) bond motifs is 1. The van der Waals surface area contributed by atoms with E-state index >= 15 is 0 Å². The summed E-state index contributed by atoms with van der Waals surface area (Å²) in [5.74, 6) is 0.492. The number of hydrogen-bond acceptors (Lipinski definition) is 3. The van der Waals surface area contributed by atoms with Crippen LogP contribution in [0.15, 0.2) is 30.3 Å². The molecule has 1 N–H and O–H groups in total. The first kappa shape index (κ1) is 17.2. The summed E-state index contributed by atoms with van der Waals surface area (Å²) in [4.78, 5) is 26.5. The predicted molar refractivity (Wildman–Crippen MR) is 96.2 cm³/mol. The van der Waals surface area contributed by atoms with Gasteiger partial charge in [-0.05, 0) is 31.4 Å².